The fourth-order valence-corrected chi connectivity index (χ4v) is 4.33. The first-order chi connectivity index (χ1) is 9.60. The summed E-state index contributed by atoms with van der Waals surface area (Å²) >= 11 is 7.54. The van der Waals surface area contributed by atoms with Gasteiger partial charge in [-0.3, -0.25) is 4.68 Å². The lowest BCUT2D eigenvalue weighted by Crippen LogP contribution is -2.37. The van der Waals surface area contributed by atoms with Crippen LogP contribution < -0.4 is 0 Å². The van der Waals surface area contributed by atoms with E-state index in [-0.39, 0.29) is 0 Å². The number of nitrogens with one attached hydrogen (secondary N) is 1. The highest BCUT2D eigenvalue weighted by Crippen LogP contribution is 2.44. The molecule has 4 nitrogen and oxygen atoms in total. The van der Waals surface area contributed by atoms with E-state index in [1.165, 1.54) is 19.3 Å². The molecule has 0 atom stereocenters. The molecule has 1 fully saturated rings. The van der Waals surface area contributed by atoms with Crippen molar-refractivity contribution in [2.24, 2.45) is 7.05 Å². The highest BCUT2D eigenvalue weighted by molar-refractivity contribution is 8.00. The molecule has 20 heavy (non-hydrogen) atoms. The van der Waals surface area contributed by atoms with Gasteiger partial charge in [0.1, 0.15) is 5.52 Å². The number of H-pyrrole nitrogens is 1. The van der Waals surface area contributed by atoms with E-state index in [4.69, 9.17) is 12.2 Å². The summed E-state index contributed by atoms with van der Waals surface area (Å²) in [5.41, 5.74) is 3.43. The predicted molar refractivity (Wildman–Crippen MR) is 88.0 cm³/mol. The summed E-state index contributed by atoms with van der Waals surface area (Å²) in [4.78, 5) is 3.38. The first-order valence-electron chi connectivity index (χ1n) is 7.30. The van der Waals surface area contributed by atoms with Crippen molar-refractivity contribution in [3.8, 4) is 0 Å². The van der Waals surface area contributed by atoms with E-state index >= 15 is 0 Å². The van der Waals surface area contributed by atoms with Crippen molar-refractivity contribution in [3.63, 3.8) is 0 Å². The number of fused-ring (bicyclic) bond motifs is 1. The van der Waals surface area contributed by atoms with Crippen LogP contribution >= 0.6 is 24.0 Å². The first kappa shape index (κ1) is 14.2. The van der Waals surface area contributed by atoms with Gasteiger partial charge < -0.3 is 9.55 Å². The molecule has 0 spiro atoms. The standard InChI is InChI=1S/C14H22N4S2/c1-4-6-10-11-12(17(2)16-10)18(13(19)15-11)9-14(20-3)7-5-8-14/h4-9H2,1-3H3,(H,15,19). The number of hydrogen-bond acceptors (Lipinski definition) is 3. The van der Waals surface area contributed by atoms with Crippen molar-refractivity contribution in [2.75, 3.05) is 6.26 Å². The second-order valence-corrected chi connectivity index (χ2v) is 7.44. The first-order valence-corrected chi connectivity index (χ1v) is 8.93. The van der Waals surface area contributed by atoms with Crippen molar-refractivity contribution >= 4 is 35.1 Å². The number of hydrogen-bond donors (Lipinski definition) is 1. The summed E-state index contributed by atoms with van der Waals surface area (Å²) in [6, 6.07) is 0. The Morgan fingerprint density at radius 3 is 2.75 bits per heavy atom. The third-order valence-corrected chi connectivity index (χ3v) is 6.18. The van der Waals surface area contributed by atoms with Gasteiger partial charge in [0.05, 0.1) is 5.69 Å². The maximum Gasteiger partial charge on any atom is 0.179 e. The Morgan fingerprint density at radius 1 is 1.45 bits per heavy atom. The maximum absolute atomic E-state index is 5.56. The van der Waals surface area contributed by atoms with Crippen molar-refractivity contribution in [1.82, 2.24) is 19.3 Å². The molecule has 1 saturated carbocycles. The summed E-state index contributed by atoms with van der Waals surface area (Å²) in [6.45, 7) is 3.18. The number of aromatic nitrogens is 4. The third-order valence-electron chi connectivity index (χ3n) is 4.45. The third kappa shape index (κ3) is 2.13. The smallest absolute Gasteiger partial charge is 0.179 e. The number of rotatable bonds is 5. The topological polar surface area (TPSA) is 38.5 Å². The molecule has 2 aromatic heterocycles. The van der Waals surface area contributed by atoms with Crippen molar-refractivity contribution in [2.45, 2.75) is 50.3 Å². The maximum atomic E-state index is 5.56. The molecule has 110 valence electrons. The number of aryl methyl sites for hydroxylation is 2. The van der Waals surface area contributed by atoms with E-state index in [1.54, 1.807) is 0 Å². The second kappa shape index (κ2) is 5.22. The molecule has 0 saturated heterocycles. The average molecular weight is 310 g/mol. The van der Waals surface area contributed by atoms with Gasteiger partial charge in [-0.2, -0.15) is 16.9 Å². The fourth-order valence-electron chi connectivity index (χ4n) is 3.12. The van der Waals surface area contributed by atoms with Gasteiger partial charge in [0.15, 0.2) is 10.4 Å². The van der Waals surface area contributed by atoms with Crippen LogP contribution in [0, 0.1) is 4.77 Å². The van der Waals surface area contributed by atoms with E-state index in [0.717, 1.165) is 41.0 Å². The van der Waals surface area contributed by atoms with Crippen LogP contribution in [0.4, 0.5) is 0 Å². The lowest BCUT2D eigenvalue weighted by atomic mass is 9.84. The van der Waals surface area contributed by atoms with Crippen molar-refractivity contribution in [1.29, 1.82) is 0 Å². The molecule has 0 unspecified atom stereocenters. The molecule has 0 aromatic carbocycles. The van der Waals surface area contributed by atoms with E-state index in [2.05, 4.69) is 27.8 Å². The Labute approximate surface area is 128 Å². The monoisotopic (exact) mass is 310 g/mol. The average Bonchev–Trinajstić information content (AvgIpc) is 2.84. The Hall–Kier alpha value is -0.750. The molecule has 2 aromatic rings. The van der Waals surface area contributed by atoms with Crippen LogP contribution in [-0.4, -0.2) is 30.3 Å². The molecular weight excluding hydrogens is 288 g/mol. The molecular formula is C14H22N4S2. The number of imidazole rings is 1. The summed E-state index contributed by atoms with van der Waals surface area (Å²) in [7, 11) is 2.02. The van der Waals surface area contributed by atoms with Gasteiger partial charge in [0, 0.05) is 18.3 Å². The zero-order chi connectivity index (χ0) is 14.3. The summed E-state index contributed by atoms with van der Waals surface area (Å²) < 4.78 is 5.46. The number of aromatic amines is 1. The minimum Gasteiger partial charge on any atom is -0.328 e. The molecule has 6 heteroatoms. The molecule has 0 amide bonds. The minimum absolute atomic E-state index is 0.378. The molecule has 0 radical (unpaired) electrons. The largest absolute Gasteiger partial charge is 0.328 e. The van der Waals surface area contributed by atoms with E-state index in [1.807, 2.05) is 23.5 Å². The zero-order valence-electron chi connectivity index (χ0n) is 12.4. The van der Waals surface area contributed by atoms with Crippen LogP contribution in [0.3, 0.4) is 0 Å². The highest BCUT2D eigenvalue weighted by Gasteiger charge is 2.37. The minimum atomic E-state index is 0.378. The van der Waals surface area contributed by atoms with Gasteiger partial charge in [-0.1, -0.05) is 19.8 Å². The quantitative estimate of drug-likeness (QED) is 0.856. The van der Waals surface area contributed by atoms with Gasteiger partial charge in [-0.05, 0) is 37.7 Å². The van der Waals surface area contributed by atoms with E-state index in [9.17, 15) is 0 Å². The summed E-state index contributed by atoms with van der Waals surface area (Å²) in [5, 5.41) is 4.65. The van der Waals surface area contributed by atoms with Crippen LogP contribution in [0.15, 0.2) is 0 Å². The van der Waals surface area contributed by atoms with Crippen LogP contribution in [0.5, 0.6) is 0 Å². The number of thioether (sulfide) groups is 1. The Balaban J connectivity index is 2.06. The van der Waals surface area contributed by atoms with E-state index < -0.39 is 0 Å². The fraction of sp³-hybridized carbons (Fsp3) is 0.714. The van der Waals surface area contributed by atoms with Crippen LogP contribution in [0.1, 0.15) is 38.3 Å². The predicted octanol–water partition coefficient (Wildman–Crippen LogP) is 3.67. The lowest BCUT2D eigenvalue weighted by molar-refractivity contribution is 0.322. The van der Waals surface area contributed by atoms with Crippen LogP contribution in [0.2, 0.25) is 0 Å². The molecule has 0 aliphatic heterocycles. The van der Waals surface area contributed by atoms with Crippen LogP contribution in [0.25, 0.3) is 11.2 Å². The summed E-state index contributed by atoms with van der Waals surface area (Å²) in [5.74, 6) is 0. The van der Waals surface area contributed by atoms with Gasteiger partial charge in [-0.15, -0.1) is 0 Å². The Morgan fingerprint density at radius 2 is 2.20 bits per heavy atom. The van der Waals surface area contributed by atoms with E-state index in [0.29, 0.717) is 4.75 Å². The molecule has 1 aliphatic rings. The zero-order valence-corrected chi connectivity index (χ0v) is 14.0. The second-order valence-electron chi connectivity index (χ2n) is 5.78. The number of nitrogens with zero attached hydrogens (tertiary/aromatic N) is 3. The molecule has 3 rings (SSSR count). The molecule has 1 aliphatic carbocycles. The normalized spacial score (nSPS) is 17.6. The lowest BCUT2D eigenvalue weighted by Gasteiger charge is -2.40. The molecule has 2 heterocycles. The van der Waals surface area contributed by atoms with Gasteiger partial charge >= 0.3 is 0 Å². The molecule has 1 N–H and O–H groups in total. The van der Waals surface area contributed by atoms with Crippen molar-refractivity contribution in [3.05, 3.63) is 10.5 Å². The Kier molecular flexibility index (Phi) is 3.71. The van der Waals surface area contributed by atoms with Gasteiger partial charge in [0.25, 0.3) is 0 Å². The van der Waals surface area contributed by atoms with Gasteiger partial charge in [0.2, 0.25) is 0 Å². The van der Waals surface area contributed by atoms with Crippen molar-refractivity contribution < 1.29 is 0 Å². The van der Waals surface area contributed by atoms with Gasteiger partial charge in [-0.25, -0.2) is 0 Å². The highest BCUT2D eigenvalue weighted by atomic mass is 32.2. The SMILES string of the molecule is CCCc1nn(C)c2c1[nH]c(=S)n2CC1(SC)CCC1. The van der Waals surface area contributed by atoms with Crippen LogP contribution in [-0.2, 0) is 20.0 Å². The Bertz CT molecular complexity index is 670. The molecule has 0 bridgehead atoms. The summed E-state index contributed by atoms with van der Waals surface area (Å²) in [6.07, 6.45) is 8.25.